The molecule has 0 saturated carbocycles. The molecule has 0 spiro atoms. The minimum absolute atomic E-state index is 0.0791. The highest BCUT2D eigenvalue weighted by Crippen LogP contribution is 2.34. The molecule has 3 rings (SSSR count). The van der Waals surface area contributed by atoms with E-state index in [1.54, 1.807) is 31.4 Å². The quantitative estimate of drug-likeness (QED) is 0.315. The second-order valence-electron chi connectivity index (χ2n) is 7.15. The Morgan fingerprint density at radius 2 is 1.76 bits per heavy atom. The highest BCUT2D eigenvalue weighted by Gasteiger charge is 2.21. The van der Waals surface area contributed by atoms with Crippen LogP contribution in [0.5, 0.6) is 5.75 Å². The Labute approximate surface area is 201 Å². The summed E-state index contributed by atoms with van der Waals surface area (Å²) in [6.45, 7) is 2.76. The van der Waals surface area contributed by atoms with Crippen LogP contribution in [0.25, 0.3) is 0 Å². The molecule has 3 aromatic rings. The van der Waals surface area contributed by atoms with Gasteiger partial charge >= 0.3 is 0 Å². The van der Waals surface area contributed by atoms with E-state index < -0.39 is 5.91 Å². The summed E-state index contributed by atoms with van der Waals surface area (Å²) >= 11 is 6.70. The van der Waals surface area contributed by atoms with Gasteiger partial charge in [-0.05, 0) is 54.5 Å². The molecule has 0 atom stereocenters. The second kappa shape index (κ2) is 11.6. The van der Waals surface area contributed by atoms with Crippen LogP contribution in [0.4, 0.5) is 5.00 Å². The number of amides is 2. The molecular weight excluding hydrogens is 458 g/mol. The minimum atomic E-state index is -0.552. The van der Waals surface area contributed by atoms with Gasteiger partial charge in [0.25, 0.3) is 11.8 Å². The van der Waals surface area contributed by atoms with E-state index >= 15 is 0 Å². The number of nitrogens with one attached hydrogen (secondary N) is 2. The van der Waals surface area contributed by atoms with E-state index in [9.17, 15) is 9.59 Å². The number of nitrogens with two attached hydrogens (primary N) is 1. The smallest absolute Gasteiger partial charge is 0.257 e. The van der Waals surface area contributed by atoms with Crippen LogP contribution in [-0.4, -0.2) is 37.3 Å². The summed E-state index contributed by atoms with van der Waals surface area (Å²) in [5.74, 6) is -0.298. The predicted molar refractivity (Wildman–Crippen MR) is 134 cm³/mol. The molecule has 1 heterocycles. The summed E-state index contributed by atoms with van der Waals surface area (Å²) in [4.78, 5) is 25.7. The number of benzene rings is 2. The molecule has 0 unspecified atom stereocenters. The maximum Gasteiger partial charge on any atom is 0.257 e. The first-order chi connectivity index (χ1) is 15.9. The van der Waals surface area contributed by atoms with Crippen molar-refractivity contribution in [1.29, 1.82) is 0 Å². The van der Waals surface area contributed by atoms with Gasteiger partial charge in [0, 0.05) is 24.0 Å². The van der Waals surface area contributed by atoms with Gasteiger partial charge < -0.3 is 20.5 Å². The summed E-state index contributed by atoms with van der Waals surface area (Å²) in [6.07, 6.45) is 0.664. The summed E-state index contributed by atoms with van der Waals surface area (Å²) in [5, 5.41) is 6.19. The molecule has 33 heavy (non-hydrogen) atoms. The van der Waals surface area contributed by atoms with E-state index in [0.29, 0.717) is 41.5 Å². The van der Waals surface area contributed by atoms with Gasteiger partial charge in [0.15, 0.2) is 5.11 Å². The minimum Gasteiger partial charge on any atom is -0.491 e. The molecule has 0 fully saturated rings. The highest BCUT2D eigenvalue weighted by atomic mass is 32.1. The number of ether oxygens (including phenoxy) is 2. The summed E-state index contributed by atoms with van der Waals surface area (Å²) < 4.78 is 10.4. The number of rotatable bonds is 9. The molecule has 0 aliphatic carbocycles. The van der Waals surface area contributed by atoms with Crippen LogP contribution in [0.3, 0.4) is 0 Å². The molecular formula is C24H25N3O4S2. The molecule has 7 nitrogen and oxygen atoms in total. The first-order valence-electron chi connectivity index (χ1n) is 10.2. The maximum absolute atomic E-state index is 12.6. The molecule has 0 aliphatic rings. The van der Waals surface area contributed by atoms with E-state index in [1.165, 1.54) is 11.3 Å². The zero-order chi connectivity index (χ0) is 23.8. The maximum atomic E-state index is 12.6. The number of hydrogen-bond acceptors (Lipinski definition) is 6. The third-order valence-corrected chi connectivity index (χ3v) is 6.24. The monoisotopic (exact) mass is 483 g/mol. The van der Waals surface area contributed by atoms with E-state index in [4.69, 9.17) is 27.4 Å². The third-order valence-electron chi connectivity index (χ3n) is 4.83. The molecule has 2 amide bonds. The van der Waals surface area contributed by atoms with Crippen LogP contribution in [0, 0.1) is 6.92 Å². The molecule has 0 bridgehead atoms. The summed E-state index contributed by atoms with van der Waals surface area (Å²) in [7, 11) is 1.60. The Hall–Kier alpha value is -3.27. The fourth-order valence-electron chi connectivity index (χ4n) is 3.15. The lowest BCUT2D eigenvalue weighted by molar-refractivity contribution is 0.0975. The highest BCUT2D eigenvalue weighted by molar-refractivity contribution is 7.80. The summed E-state index contributed by atoms with van der Waals surface area (Å²) in [6, 6.07) is 16.6. The normalized spacial score (nSPS) is 10.5. The van der Waals surface area contributed by atoms with Gasteiger partial charge in [-0.1, -0.05) is 30.3 Å². The Morgan fingerprint density at radius 1 is 1.06 bits per heavy atom. The van der Waals surface area contributed by atoms with Crippen LogP contribution >= 0.6 is 23.6 Å². The van der Waals surface area contributed by atoms with Crippen molar-refractivity contribution in [3.63, 3.8) is 0 Å². The van der Waals surface area contributed by atoms with E-state index in [-0.39, 0.29) is 11.0 Å². The topological polar surface area (TPSA) is 103 Å². The first-order valence-corrected chi connectivity index (χ1v) is 11.4. The van der Waals surface area contributed by atoms with Gasteiger partial charge in [0.05, 0.1) is 12.2 Å². The van der Waals surface area contributed by atoms with E-state index in [1.807, 2.05) is 37.3 Å². The number of methoxy groups -OCH3 is 1. The fourth-order valence-corrected chi connectivity index (χ4v) is 4.66. The van der Waals surface area contributed by atoms with Crippen LogP contribution in [0.1, 0.15) is 36.7 Å². The lowest BCUT2D eigenvalue weighted by Gasteiger charge is -2.10. The van der Waals surface area contributed by atoms with Gasteiger partial charge in [-0.2, -0.15) is 0 Å². The Kier molecular flexibility index (Phi) is 8.53. The lowest BCUT2D eigenvalue weighted by atomic mass is 10.1. The van der Waals surface area contributed by atoms with Crippen molar-refractivity contribution in [2.24, 2.45) is 5.73 Å². The van der Waals surface area contributed by atoms with Crippen molar-refractivity contribution in [3.05, 3.63) is 81.7 Å². The molecule has 1 aromatic heterocycles. The zero-order valence-corrected chi connectivity index (χ0v) is 20.0. The van der Waals surface area contributed by atoms with Gasteiger partial charge in [0.2, 0.25) is 0 Å². The number of primary amides is 1. The van der Waals surface area contributed by atoms with Gasteiger partial charge in [-0.25, -0.2) is 0 Å². The van der Waals surface area contributed by atoms with Crippen molar-refractivity contribution in [1.82, 2.24) is 5.32 Å². The Morgan fingerprint density at radius 3 is 2.39 bits per heavy atom. The van der Waals surface area contributed by atoms with E-state index in [2.05, 4.69) is 10.6 Å². The average molecular weight is 484 g/mol. The standard InChI is InChI=1S/C24H25N3O4S2/c1-15-19(14-16-6-4-3-5-7-16)33-23(20(15)21(25)28)27-24(32)26-22(29)17-8-10-18(11-9-17)31-13-12-30-2/h3-11H,12-14H2,1-2H3,(H2,25,28)(H2,26,27,29,32). The van der Waals surface area contributed by atoms with Crippen LogP contribution in [-0.2, 0) is 11.2 Å². The fraction of sp³-hybridized carbons (Fsp3) is 0.208. The third kappa shape index (κ3) is 6.61. The van der Waals surface area contributed by atoms with Crippen molar-refractivity contribution in [2.75, 3.05) is 25.6 Å². The first kappa shape index (κ1) is 24.4. The molecule has 4 N–H and O–H groups in total. The largest absolute Gasteiger partial charge is 0.491 e. The zero-order valence-electron chi connectivity index (χ0n) is 18.3. The van der Waals surface area contributed by atoms with Crippen LogP contribution in [0.15, 0.2) is 54.6 Å². The molecule has 9 heteroatoms. The molecule has 0 saturated heterocycles. The molecule has 2 aromatic carbocycles. The van der Waals surface area contributed by atoms with Crippen LogP contribution < -0.4 is 21.1 Å². The number of hydrogen-bond donors (Lipinski definition) is 3. The van der Waals surface area contributed by atoms with Gasteiger partial charge in [0.1, 0.15) is 17.4 Å². The van der Waals surface area contributed by atoms with Crippen molar-refractivity contribution < 1.29 is 19.1 Å². The molecule has 0 radical (unpaired) electrons. The van der Waals surface area contributed by atoms with Crippen molar-refractivity contribution >= 4 is 45.5 Å². The lowest BCUT2D eigenvalue weighted by Crippen LogP contribution is -2.34. The van der Waals surface area contributed by atoms with Crippen molar-refractivity contribution in [2.45, 2.75) is 13.3 Å². The number of carbonyl (C=O) groups excluding carboxylic acids is 2. The van der Waals surface area contributed by atoms with Gasteiger partial charge in [-0.15, -0.1) is 11.3 Å². The number of thiocarbonyl (C=S) groups is 1. The van der Waals surface area contributed by atoms with Gasteiger partial charge in [-0.3, -0.25) is 14.9 Å². The van der Waals surface area contributed by atoms with E-state index in [0.717, 1.165) is 16.0 Å². The number of thiophene rings is 1. The van der Waals surface area contributed by atoms with Crippen molar-refractivity contribution in [3.8, 4) is 5.75 Å². The molecule has 0 aliphatic heterocycles. The predicted octanol–water partition coefficient (Wildman–Crippen LogP) is 3.90. The Balaban J connectivity index is 1.67. The molecule has 172 valence electrons. The van der Waals surface area contributed by atoms with Crippen LogP contribution in [0.2, 0.25) is 0 Å². The SMILES string of the molecule is COCCOc1ccc(C(=O)NC(=S)Nc2sc(Cc3ccccc3)c(C)c2C(N)=O)cc1. The second-order valence-corrected chi connectivity index (χ2v) is 8.67. The Bertz CT molecular complexity index is 1130. The number of carbonyl (C=O) groups is 2. The number of anilines is 1. The summed E-state index contributed by atoms with van der Waals surface area (Å²) in [5.41, 5.74) is 8.34. The average Bonchev–Trinajstić information content (AvgIpc) is 3.09.